The van der Waals surface area contributed by atoms with E-state index in [-0.39, 0.29) is 13.5 Å². The zero-order valence-corrected chi connectivity index (χ0v) is 22.5. The molecular weight excluding hydrogens is 486 g/mol. The Hall–Kier alpha value is 1.95. The molecule has 0 heterocycles. The molecule has 0 saturated carbocycles. The summed E-state index contributed by atoms with van der Waals surface area (Å²) >= 11 is -1.52. The largest absolute Gasteiger partial charge is 0.813 e. The van der Waals surface area contributed by atoms with Crippen molar-refractivity contribution in [2.24, 2.45) is 0 Å². The van der Waals surface area contributed by atoms with Crippen LogP contribution in [0, 0.1) is 0 Å². The van der Waals surface area contributed by atoms with E-state index in [0.717, 1.165) is 0 Å². The molecule has 0 saturated heterocycles. The van der Waals surface area contributed by atoms with Crippen LogP contribution in [0.4, 0.5) is 0 Å². The predicted molar refractivity (Wildman–Crippen MR) is 111 cm³/mol. The second kappa shape index (κ2) is 24.2. The predicted octanol–water partition coefficient (Wildman–Crippen LogP) is 7.15. The SMILES string of the molecule is CC[CH2][Sn+]([CH2]CC)[CH2]CC.CC[CH2][Sn]([CH2]CC)[CH2]CC.[SH-]. The van der Waals surface area contributed by atoms with Crippen LogP contribution in [0.1, 0.15) is 80.1 Å². The van der Waals surface area contributed by atoms with E-state index in [1.165, 1.54) is 38.5 Å². The van der Waals surface area contributed by atoms with Crippen molar-refractivity contribution < 1.29 is 0 Å². The zero-order valence-electron chi connectivity index (χ0n) is 15.9. The molecule has 0 N–H and O–H groups in total. The number of hydrogen-bond donors (Lipinski definition) is 0. The quantitative estimate of drug-likeness (QED) is 0.147. The first-order valence-corrected chi connectivity index (χ1v) is 21.5. The Morgan fingerprint density at radius 1 is 0.524 bits per heavy atom. The number of thiol groups is 1. The summed E-state index contributed by atoms with van der Waals surface area (Å²) in [5, 5.41) is 0. The van der Waals surface area contributed by atoms with Crippen molar-refractivity contribution >= 4 is 53.0 Å². The van der Waals surface area contributed by atoms with Crippen molar-refractivity contribution in [3.8, 4) is 0 Å². The Kier molecular flexibility index (Phi) is 32.0. The molecule has 0 aliphatic rings. The van der Waals surface area contributed by atoms with E-state index in [9.17, 15) is 0 Å². The average molecular weight is 529 g/mol. The Balaban J connectivity index is -0.000000295. The van der Waals surface area contributed by atoms with Crippen LogP contribution in [0.5, 0.6) is 0 Å². The maximum absolute atomic E-state index is 2.34. The van der Waals surface area contributed by atoms with Gasteiger partial charge in [-0.15, -0.1) is 0 Å². The molecule has 0 fully saturated rings. The van der Waals surface area contributed by atoms with Gasteiger partial charge in [-0.2, -0.15) is 0 Å². The Morgan fingerprint density at radius 2 is 0.810 bits per heavy atom. The van der Waals surface area contributed by atoms with E-state index in [1.807, 2.05) is 0 Å². The van der Waals surface area contributed by atoms with Crippen molar-refractivity contribution in [2.45, 2.75) is 107 Å². The third kappa shape index (κ3) is 21.9. The van der Waals surface area contributed by atoms with Crippen LogP contribution in [-0.2, 0) is 13.5 Å². The Morgan fingerprint density at radius 3 is 1.00 bits per heavy atom. The summed E-state index contributed by atoms with van der Waals surface area (Å²) in [6.07, 6.45) is 8.72. The standard InChI is InChI=1S/6C3H7.H2S.2Sn/c6*1-3-2;;;/h6*1,3H2,2H3;1H2;;/q;;;;;;;;+1/p-1. The minimum absolute atomic E-state index is 0. The molecule has 1 radical (unpaired) electrons. The molecule has 0 nitrogen and oxygen atoms in total. The topological polar surface area (TPSA) is 0 Å². The van der Waals surface area contributed by atoms with Gasteiger partial charge in [0.1, 0.15) is 0 Å². The number of rotatable bonds is 12. The molecule has 21 heavy (non-hydrogen) atoms. The first-order valence-electron chi connectivity index (χ1n) is 9.36. The van der Waals surface area contributed by atoms with E-state index in [1.54, 1.807) is 26.6 Å². The van der Waals surface area contributed by atoms with Gasteiger partial charge >= 0.3 is 146 Å². The maximum atomic E-state index is 2.34. The van der Waals surface area contributed by atoms with Gasteiger partial charge < -0.3 is 13.5 Å². The average Bonchev–Trinajstić information content (AvgIpc) is 2.41. The molecule has 0 aliphatic heterocycles. The summed E-state index contributed by atoms with van der Waals surface area (Å²) in [5.41, 5.74) is 0. The van der Waals surface area contributed by atoms with Gasteiger partial charge in [-0.3, -0.25) is 0 Å². The summed E-state index contributed by atoms with van der Waals surface area (Å²) in [5.74, 6) is 0. The van der Waals surface area contributed by atoms with Gasteiger partial charge in [0.15, 0.2) is 0 Å². The first kappa shape index (κ1) is 27.8. The van der Waals surface area contributed by atoms with Crippen LogP contribution in [0.25, 0.3) is 0 Å². The Bertz CT molecular complexity index is 119. The van der Waals surface area contributed by atoms with E-state index >= 15 is 0 Å². The smallest absolute Gasteiger partial charge is 0.813 e. The van der Waals surface area contributed by atoms with Gasteiger partial charge in [-0.25, -0.2) is 0 Å². The molecule has 0 bridgehead atoms. The molecule has 0 atom stereocenters. The van der Waals surface area contributed by atoms with E-state index in [4.69, 9.17) is 0 Å². The van der Waals surface area contributed by atoms with Crippen LogP contribution in [0.3, 0.4) is 0 Å². The van der Waals surface area contributed by atoms with Crippen LogP contribution in [0.15, 0.2) is 0 Å². The van der Waals surface area contributed by atoms with E-state index in [0.29, 0.717) is 0 Å². The van der Waals surface area contributed by atoms with Crippen molar-refractivity contribution in [2.75, 3.05) is 0 Å². The van der Waals surface area contributed by atoms with Crippen LogP contribution in [0.2, 0.25) is 26.6 Å². The Labute approximate surface area is 158 Å². The molecule has 0 aromatic heterocycles. The zero-order chi connectivity index (χ0) is 15.6. The molecule has 0 rings (SSSR count). The summed E-state index contributed by atoms with van der Waals surface area (Å²) in [6, 6.07) is 0. The molecule has 3 heteroatoms. The molecular formula is C18H43SSn2. The van der Waals surface area contributed by atoms with E-state index in [2.05, 4.69) is 41.5 Å². The fraction of sp³-hybridized carbons (Fsp3) is 1.00. The van der Waals surface area contributed by atoms with Crippen molar-refractivity contribution in [1.82, 2.24) is 0 Å². The van der Waals surface area contributed by atoms with E-state index < -0.39 is 39.5 Å². The van der Waals surface area contributed by atoms with Gasteiger partial charge in [-0.05, 0) is 0 Å². The fourth-order valence-electron chi connectivity index (χ4n) is 2.87. The van der Waals surface area contributed by atoms with Gasteiger partial charge in [-0.1, -0.05) is 0 Å². The third-order valence-corrected chi connectivity index (χ3v) is 24.3. The van der Waals surface area contributed by atoms with Crippen molar-refractivity contribution in [3.05, 3.63) is 0 Å². The van der Waals surface area contributed by atoms with Crippen LogP contribution < -0.4 is 0 Å². The normalized spacial score (nSPS) is 9.86. The summed E-state index contributed by atoms with van der Waals surface area (Å²) in [7, 11) is 0. The molecule has 0 aliphatic carbocycles. The monoisotopic (exact) mass is 531 g/mol. The van der Waals surface area contributed by atoms with Crippen LogP contribution >= 0.6 is 0 Å². The first-order chi connectivity index (χ1) is 9.69. The molecule has 129 valence electrons. The second-order valence-corrected chi connectivity index (χ2v) is 23.1. The minimum Gasteiger partial charge on any atom is -0.813 e. The molecule has 0 amide bonds. The molecule has 0 aromatic carbocycles. The van der Waals surface area contributed by atoms with Crippen molar-refractivity contribution in [3.63, 3.8) is 0 Å². The van der Waals surface area contributed by atoms with Gasteiger partial charge in [0.05, 0.1) is 0 Å². The molecule has 0 spiro atoms. The second-order valence-electron chi connectivity index (χ2n) is 6.00. The summed E-state index contributed by atoms with van der Waals surface area (Å²) in [6.45, 7) is 14.0. The van der Waals surface area contributed by atoms with Gasteiger partial charge in [0, 0.05) is 0 Å². The number of hydrogen-bond acceptors (Lipinski definition) is 1. The van der Waals surface area contributed by atoms with Crippen LogP contribution in [-0.4, -0.2) is 39.5 Å². The molecule has 0 unspecified atom stereocenters. The minimum atomic E-state index is -0.759. The maximum Gasteiger partial charge on any atom is -0.813 e. The summed E-state index contributed by atoms with van der Waals surface area (Å²) < 4.78 is 9.86. The fourth-order valence-corrected chi connectivity index (χ4v) is 19.3. The van der Waals surface area contributed by atoms with Crippen molar-refractivity contribution in [1.29, 1.82) is 0 Å². The summed E-state index contributed by atoms with van der Waals surface area (Å²) in [4.78, 5) is 0. The molecule has 0 aromatic rings. The third-order valence-electron chi connectivity index (χ3n) is 3.62. The van der Waals surface area contributed by atoms with Gasteiger partial charge in [0.25, 0.3) is 0 Å². The van der Waals surface area contributed by atoms with Gasteiger partial charge in [0.2, 0.25) is 0 Å².